The molecular weight excluding hydrogens is 296 g/mol. The van der Waals surface area contributed by atoms with E-state index in [1.165, 1.54) is 20.0 Å². The molecule has 2 atom stereocenters. The first kappa shape index (κ1) is 16.0. The number of allylic oxidation sites excluding steroid dienone is 1. The Morgan fingerprint density at radius 3 is 3.09 bits per heavy atom. The van der Waals surface area contributed by atoms with E-state index < -0.39 is 0 Å². The van der Waals surface area contributed by atoms with Crippen LogP contribution in [0.25, 0.3) is 0 Å². The number of likely N-dealkylation sites (tertiary alicyclic amines) is 1. The molecule has 2 aliphatic heterocycles. The molecule has 126 valence electrons. The number of hydrogen-bond acceptors (Lipinski definition) is 6. The zero-order chi connectivity index (χ0) is 16.2. The lowest BCUT2D eigenvalue weighted by Crippen LogP contribution is -2.41. The van der Waals surface area contributed by atoms with Gasteiger partial charge in [-0.1, -0.05) is 0 Å². The van der Waals surface area contributed by atoms with Gasteiger partial charge in [-0.2, -0.15) is 5.10 Å². The van der Waals surface area contributed by atoms with Crippen molar-refractivity contribution in [1.29, 1.82) is 0 Å². The molecule has 0 aromatic carbocycles. The smallest absolute Gasteiger partial charge is 0.337 e. The van der Waals surface area contributed by atoms with Crippen molar-refractivity contribution in [1.82, 2.24) is 19.7 Å². The summed E-state index contributed by atoms with van der Waals surface area (Å²) in [5.41, 5.74) is 0.675. The summed E-state index contributed by atoms with van der Waals surface area (Å²) < 4.78 is 12.6. The third kappa shape index (κ3) is 3.90. The van der Waals surface area contributed by atoms with Crippen LogP contribution < -0.4 is 0 Å². The Kier molecular flexibility index (Phi) is 4.95. The molecule has 0 amide bonds. The maximum Gasteiger partial charge on any atom is 0.337 e. The van der Waals surface area contributed by atoms with Crippen molar-refractivity contribution in [2.45, 2.75) is 38.8 Å². The number of ether oxygens (including phenoxy) is 2. The summed E-state index contributed by atoms with van der Waals surface area (Å²) in [6, 6.07) is 0. The van der Waals surface area contributed by atoms with Crippen LogP contribution >= 0.6 is 0 Å². The van der Waals surface area contributed by atoms with Crippen LogP contribution in [0.3, 0.4) is 0 Å². The van der Waals surface area contributed by atoms with E-state index in [2.05, 4.69) is 15.0 Å². The molecule has 3 rings (SSSR count). The van der Waals surface area contributed by atoms with Gasteiger partial charge in [0, 0.05) is 26.1 Å². The fraction of sp³-hybridized carbons (Fsp3) is 0.688. The summed E-state index contributed by atoms with van der Waals surface area (Å²) in [6.45, 7) is 5.72. The Morgan fingerprint density at radius 2 is 2.35 bits per heavy atom. The third-order valence-corrected chi connectivity index (χ3v) is 4.61. The second kappa shape index (κ2) is 7.12. The Bertz CT molecular complexity index is 570. The van der Waals surface area contributed by atoms with Gasteiger partial charge in [0.05, 0.1) is 12.7 Å². The summed E-state index contributed by atoms with van der Waals surface area (Å²) in [5.74, 6) is 1.02. The van der Waals surface area contributed by atoms with Gasteiger partial charge in [-0.3, -0.25) is 9.58 Å². The maximum absolute atomic E-state index is 11.7. The van der Waals surface area contributed by atoms with Crippen molar-refractivity contribution in [3.8, 4) is 0 Å². The number of carbonyl (C=O) groups is 1. The summed E-state index contributed by atoms with van der Waals surface area (Å²) in [5, 5.41) is 4.19. The number of aromatic nitrogens is 3. The quantitative estimate of drug-likeness (QED) is 0.760. The molecule has 1 aromatic rings. The van der Waals surface area contributed by atoms with Crippen LogP contribution in [0.2, 0.25) is 0 Å². The molecule has 1 aromatic heterocycles. The average Bonchev–Trinajstić information content (AvgIpc) is 3.17. The minimum Gasteiger partial charge on any atom is -0.493 e. The average molecular weight is 320 g/mol. The second-order valence-electron chi connectivity index (χ2n) is 6.36. The SMILES string of the molecule is COC(=O)C1=C(C)O[C@H](CN2CCC[C@@H](Cn3cncn3)C2)C1. The van der Waals surface area contributed by atoms with Gasteiger partial charge in [0.15, 0.2) is 0 Å². The Balaban J connectivity index is 1.50. The highest BCUT2D eigenvalue weighted by Gasteiger charge is 2.31. The number of nitrogens with zero attached hydrogens (tertiary/aromatic N) is 4. The molecule has 7 heteroatoms. The van der Waals surface area contributed by atoms with E-state index in [-0.39, 0.29) is 12.1 Å². The minimum atomic E-state index is -0.271. The summed E-state index contributed by atoms with van der Waals surface area (Å²) in [7, 11) is 1.41. The van der Waals surface area contributed by atoms with E-state index in [0.717, 1.165) is 26.2 Å². The van der Waals surface area contributed by atoms with Crippen molar-refractivity contribution in [3.05, 3.63) is 24.0 Å². The van der Waals surface area contributed by atoms with Gasteiger partial charge in [0.2, 0.25) is 0 Å². The monoisotopic (exact) mass is 320 g/mol. The van der Waals surface area contributed by atoms with Crippen molar-refractivity contribution in [2.24, 2.45) is 5.92 Å². The van der Waals surface area contributed by atoms with E-state index >= 15 is 0 Å². The molecule has 0 N–H and O–H groups in total. The zero-order valence-electron chi connectivity index (χ0n) is 13.8. The molecule has 2 aliphatic rings. The summed E-state index contributed by atoms with van der Waals surface area (Å²) in [4.78, 5) is 18.1. The second-order valence-corrected chi connectivity index (χ2v) is 6.36. The fourth-order valence-corrected chi connectivity index (χ4v) is 3.53. The first-order valence-electron chi connectivity index (χ1n) is 8.15. The molecule has 0 saturated carbocycles. The molecular formula is C16H24N4O3. The van der Waals surface area contributed by atoms with Gasteiger partial charge >= 0.3 is 5.97 Å². The van der Waals surface area contributed by atoms with Crippen LogP contribution in [0, 0.1) is 5.92 Å². The summed E-state index contributed by atoms with van der Waals surface area (Å²) >= 11 is 0. The van der Waals surface area contributed by atoms with Crippen LogP contribution in [-0.2, 0) is 20.8 Å². The lowest BCUT2D eigenvalue weighted by atomic mass is 9.97. The molecule has 0 unspecified atom stereocenters. The zero-order valence-corrected chi connectivity index (χ0v) is 13.8. The Morgan fingerprint density at radius 1 is 1.48 bits per heavy atom. The highest BCUT2D eigenvalue weighted by atomic mass is 16.5. The number of hydrogen-bond donors (Lipinski definition) is 0. The van der Waals surface area contributed by atoms with Crippen LogP contribution in [-0.4, -0.2) is 58.5 Å². The third-order valence-electron chi connectivity index (χ3n) is 4.61. The van der Waals surface area contributed by atoms with Crippen LogP contribution in [0.4, 0.5) is 0 Å². The highest BCUT2D eigenvalue weighted by molar-refractivity contribution is 5.89. The topological polar surface area (TPSA) is 69.5 Å². The first-order valence-corrected chi connectivity index (χ1v) is 8.15. The molecule has 0 radical (unpaired) electrons. The van der Waals surface area contributed by atoms with Crippen molar-refractivity contribution < 1.29 is 14.3 Å². The molecule has 0 bridgehead atoms. The molecule has 1 saturated heterocycles. The van der Waals surface area contributed by atoms with E-state index in [1.54, 1.807) is 12.7 Å². The van der Waals surface area contributed by atoms with E-state index in [4.69, 9.17) is 9.47 Å². The molecule has 3 heterocycles. The molecule has 23 heavy (non-hydrogen) atoms. The predicted octanol–water partition coefficient (Wildman–Crippen LogP) is 1.23. The molecule has 0 spiro atoms. The van der Waals surface area contributed by atoms with Gasteiger partial charge in [-0.25, -0.2) is 9.78 Å². The Labute approximate surface area is 136 Å². The molecule has 7 nitrogen and oxygen atoms in total. The van der Waals surface area contributed by atoms with E-state index in [0.29, 0.717) is 23.7 Å². The fourth-order valence-electron chi connectivity index (χ4n) is 3.53. The first-order chi connectivity index (χ1) is 11.2. The van der Waals surface area contributed by atoms with Crippen molar-refractivity contribution in [3.63, 3.8) is 0 Å². The number of rotatable bonds is 5. The van der Waals surface area contributed by atoms with Gasteiger partial charge in [0.25, 0.3) is 0 Å². The van der Waals surface area contributed by atoms with Crippen LogP contribution in [0.5, 0.6) is 0 Å². The normalized spacial score (nSPS) is 25.5. The predicted molar refractivity (Wildman–Crippen MR) is 83.4 cm³/mol. The van der Waals surface area contributed by atoms with Gasteiger partial charge in [0.1, 0.15) is 24.5 Å². The number of methoxy groups -OCH3 is 1. The molecule has 1 fully saturated rings. The number of carbonyl (C=O) groups excluding carboxylic acids is 1. The van der Waals surface area contributed by atoms with Gasteiger partial charge < -0.3 is 9.47 Å². The van der Waals surface area contributed by atoms with Crippen molar-refractivity contribution >= 4 is 5.97 Å². The standard InChI is InChI=1S/C16H24N4O3/c1-12-15(16(21)22-2)6-14(23-12)9-19-5-3-4-13(7-19)8-20-11-17-10-18-20/h10-11,13-14H,3-9H2,1-2H3/t13-,14+/m1/s1. The number of esters is 1. The van der Waals surface area contributed by atoms with E-state index in [1.807, 2.05) is 11.6 Å². The number of piperidine rings is 1. The summed E-state index contributed by atoms with van der Waals surface area (Å²) in [6.07, 6.45) is 6.44. The lowest BCUT2D eigenvalue weighted by molar-refractivity contribution is -0.136. The Hall–Kier alpha value is -1.89. The largest absolute Gasteiger partial charge is 0.493 e. The van der Waals surface area contributed by atoms with Crippen molar-refractivity contribution in [2.75, 3.05) is 26.7 Å². The molecule has 0 aliphatic carbocycles. The lowest BCUT2D eigenvalue weighted by Gasteiger charge is -2.34. The highest BCUT2D eigenvalue weighted by Crippen LogP contribution is 2.27. The van der Waals surface area contributed by atoms with Crippen LogP contribution in [0.15, 0.2) is 24.0 Å². The van der Waals surface area contributed by atoms with E-state index in [9.17, 15) is 4.79 Å². The van der Waals surface area contributed by atoms with Crippen LogP contribution in [0.1, 0.15) is 26.2 Å². The van der Waals surface area contributed by atoms with Gasteiger partial charge in [-0.15, -0.1) is 0 Å². The maximum atomic E-state index is 11.7. The minimum absolute atomic E-state index is 0.0502. The van der Waals surface area contributed by atoms with Gasteiger partial charge in [-0.05, 0) is 32.2 Å².